The molecule has 0 spiro atoms. The first-order valence-corrected chi connectivity index (χ1v) is 3.82. The Morgan fingerprint density at radius 3 is 2.83 bits per heavy atom. The molecule has 0 aliphatic carbocycles. The average molecular weight is 185 g/mol. The Bertz CT molecular complexity index is 299. The zero-order chi connectivity index (χ0) is 8.97. The first-order chi connectivity index (χ1) is 5.77. The molecule has 0 unspecified atom stereocenters. The molecule has 3 nitrogen and oxygen atoms in total. The Kier molecular flexibility index (Phi) is 3.08. The van der Waals surface area contributed by atoms with E-state index in [0.29, 0.717) is 10.7 Å². The Labute approximate surface area is 75.4 Å². The van der Waals surface area contributed by atoms with Gasteiger partial charge >= 0.3 is 0 Å². The number of hydrogen-bond acceptors (Lipinski definition) is 3. The zero-order valence-corrected chi connectivity index (χ0v) is 7.12. The van der Waals surface area contributed by atoms with Crippen molar-refractivity contribution in [3.8, 4) is 0 Å². The summed E-state index contributed by atoms with van der Waals surface area (Å²) in [4.78, 5) is 0. The van der Waals surface area contributed by atoms with E-state index < -0.39 is 0 Å². The number of nitrogens with two attached hydrogens (primary N) is 1. The highest BCUT2D eigenvalue weighted by Gasteiger charge is 2.01. The van der Waals surface area contributed by atoms with Gasteiger partial charge in [-0.1, -0.05) is 28.9 Å². The van der Waals surface area contributed by atoms with Crippen LogP contribution in [0.25, 0.3) is 0 Å². The molecule has 0 aromatic heterocycles. The van der Waals surface area contributed by atoms with Crippen molar-refractivity contribution in [2.45, 2.75) is 0 Å². The predicted molar refractivity (Wildman–Crippen MR) is 48.8 cm³/mol. The van der Waals surface area contributed by atoms with Crippen molar-refractivity contribution in [1.82, 2.24) is 0 Å². The van der Waals surface area contributed by atoms with Crippen LogP contribution in [-0.4, -0.2) is 17.5 Å². The van der Waals surface area contributed by atoms with Gasteiger partial charge in [0, 0.05) is 17.1 Å². The molecular formula is C8H9ClN2O. The minimum absolute atomic E-state index is 0.191. The maximum Gasteiger partial charge on any atom is 0.100 e. The molecule has 0 heterocycles. The second-order valence-electron chi connectivity index (χ2n) is 2.26. The minimum Gasteiger partial charge on any atom is -0.411 e. The van der Waals surface area contributed by atoms with E-state index in [0.717, 1.165) is 5.56 Å². The molecule has 1 rings (SSSR count). The third-order valence-corrected chi connectivity index (χ3v) is 1.71. The SMILES string of the molecule is NCC(=NO)c1cccc(Cl)c1. The van der Waals surface area contributed by atoms with E-state index in [1.54, 1.807) is 24.3 Å². The van der Waals surface area contributed by atoms with Gasteiger partial charge in [-0.2, -0.15) is 0 Å². The van der Waals surface area contributed by atoms with Crippen molar-refractivity contribution in [3.05, 3.63) is 34.9 Å². The zero-order valence-electron chi connectivity index (χ0n) is 6.37. The van der Waals surface area contributed by atoms with Gasteiger partial charge in [0.1, 0.15) is 5.71 Å². The molecule has 64 valence electrons. The second-order valence-corrected chi connectivity index (χ2v) is 2.70. The molecule has 12 heavy (non-hydrogen) atoms. The molecule has 0 amide bonds. The molecule has 0 saturated carbocycles. The number of oxime groups is 1. The van der Waals surface area contributed by atoms with Gasteiger partial charge in [-0.05, 0) is 12.1 Å². The lowest BCUT2D eigenvalue weighted by Crippen LogP contribution is -2.14. The van der Waals surface area contributed by atoms with Gasteiger partial charge in [-0.15, -0.1) is 0 Å². The van der Waals surface area contributed by atoms with Crippen LogP contribution in [0.15, 0.2) is 29.4 Å². The van der Waals surface area contributed by atoms with Gasteiger partial charge in [0.15, 0.2) is 0 Å². The van der Waals surface area contributed by atoms with E-state index in [-0.39, 0.29) is 6.54 Å². The molecular weight excluding hydrogens is 176 g/mol. The molecule has 0 radical (unpaired) electrons. The van der Waals surface area contributed by atoms with E-state index in [9.17, 15) is 0 Å². The van der Waals surface area contributed by atoms with Crippen LogP contribution in [0.2, 0.25) is 5.02 Å². The lowest BCUT2D eigenvalue weighted by molar-refractivity contribution is 0.318. The number of hydrogen-bond donors (Lipinski definition) is 2. The summed E-state index contributed by atoms with van der Waals surface area (Å²) in [6, 6.07) is 7.01. The van der Waals surface area contributed by atoms with Gasteiger partial charge in [0.05, 0.1) is 0 Å². The summed E-state index contributed by atoms with van der Waals surface area (Å²) in [5, 5.41) is 12.2. The van der Waals surface area contributed by atoms with Gasteiger partial charge in [0.25, 0.3) is 0 Å². The van der Waals surface area contributed by atoms with Crippen molar-refractivity contribution >= 4 is 17.3 Å². The second kappa shape index (κ2) is 4.09. The Balaban J connectivity index is 3.02. The van der Waals surface area contributed by atoms with Crippen LogP contribution in [0, 0.1) is 0 Å². The summed E-state index contributed by atoms with van der Waals surface area (Å²) in [5.41, 5.74) is 6.50. The number of nitrogens with zero attached hydrogens (tertiary/aromatic N) is 1. The lowest BCUT2D eigenvalue weighted by Gasteiger charge is -2.00. The van der Waals surface area contributed by atoms with Gasteiger partial charge in [-0.3, -0.25) is 0 Å². The standard InChI is InChI=1S/C8H9ClN2O/c9-7-3-1-2-6(4-7)8(5-10)11-12/h1-4,12H,5,10H2. The highest BCUT2D eigenvalue weighted by Crippen LogP contribution is 2.10. The highest BCUT2D eigenvalue weighted by molar-refractivity contribution is 6.31. The van der Waals surface area contributed by atoms with E-state index in [1.165, 1.54) is 0 Å². The number of benzene rings is 1. The molecule has 0 aliphatic heterocycles. The van der Waals surface area contributed by atoms with Gasteiger partial charge < -0.3 is 10.9 Å². The van der Waals surface area contributed by atoms with E-state index in [2.05, 4.69) is 5.16 Å². The molecule has 3 N–H and O–H groups in total. The predicted octanol–water partition coefficient (Wildman–Crippen LogP) is 1.48. The molecule has 0 saturated heterocycles. The molecule has 1 aromatic rings. The maximum atomic E-state index is 8.54. The highest BCUT2D eigenvalue weighted by atomic mass is 35.5. The van der Waals surface area contributed by atoms with Crippen LogP contribution in [-0.2, 0) is 0 Å². The molecule has 0 bridgehead atoms. The van der Waals surface area contributed by atoms with Crippen LogP contribution in [0.3, 0.4) is 0 Å². The summed E-state index contributed by atoms with van der Waals surface area (Å²) in [6.07, 6.45) is 0. The fourth-order valence-corrected chi connectivity index (χ4v) is 1.07. The van der Waals surface area contributed by atoms with Crippen LogP contribution in [0.1, 0.15) is 5.56 Å². The first-order valence-electron chi connectivity index (χ1n) is 3.45. The Morgan fingerprint density at radius 1 is 1.58 bits per heavy atom. The van der Waals surface area contributed by atoms with Crippen molar-refractivity contribution in [2.75, 3.05) is 6.54 Å². The van der Waals surface area contributed by atoms with Crippen molar-refractivity contribution in [3.63, 3.8) is 0 Å². The van der Waals surface area contributed by atoms with Gasteiger partial charge in [-0.25, -0.2) is 0 Å². The largest absolute Gasteiger partial charge is 0.411 e. The lowest BCUT2D eigenvalue weighted by atomic mass is 10.1. The molecule has 0 atom stereocenters. The van der Waals surface area contributed by atoms with Crippen LogP contribution >= 0.6 is 11.6 Å². The summed E-state index contributed by atoms with van der Waals surface area (Å²) in [5.74, 6) is 0. The first kappa shape index (κ1) is 9.03. The third-order valence-electron chi connectivity index (χ3n) is 1.47. The monoisotopic (exact) mass is 184 g/mol. The summed E-state index contributed by atoms with van der Waals surface area (Å²) < 4.78 is 0. The molecule has 4 heteroatoms. The van der Waals surface area contributed by atoms with Gasteiger partial charge in [0.2, 0.25) is 0 Å². The Hall–Kier alpha value is -1.06. The fourth-order valence-electron chi connectivity index (χ4n) is 0.884. The topological polar surface area (TPSA) is 58.6 Å². The van der Waals surface area contributed by atoms with Crippen molar-refractivity contribution < 1.29 is 5.21 Å². The molecule has 1 aromatic carbocycles. The minimum atomic E-state index is 0.191. The summed E-state index contributed by atoms with van der Waals surface area (Å²) in [6.45, 7) is 0.191. The van der Waals surface area contributed by atoms with E-state index >= 15 is 0 Å². The van der Waals surface area contributed by atoms with E-state index in [4.69, 9.17) is 22.5 Å². The maximum absolute atomic E-state index is 8.54. The molecule has 0 fully saturated rings. The van der Waals surface area contributed by atoms with Crippen LogP contribution in [0.5, 0.6) is 0 Å². The quantitative estimate of drug-likeness (QED) is 0.416. The fraction of sp³-hybridized carbons (Fsp3) is 0.125. The average Bonchev–Trinajstić information content (AvgIpc) is 2.07. The number of rotatable bonds is 2. The smallest absolute Gasteiger partial charge is 0.100 e. The van der Waals surface area contributed by atoms with Crippen molar-refractivity contribution in [2.24, 2.45) is 10.9 Å². The summed E-state index contributed by atoms with van der Waals surface area (Å²) in [7, 11) is 0. The number of halogens is 1. The Morgan fingerprint density at radius 2 is 2.33 bits per heavy atom. The van der Waals surface area contributed by atoms with Crippen LogP contribution < -0.4 is 5.73 Å². The van der Waals surface area contributed by atoms with Crippen molar-refractivity contribution in [1.29, 1.82) is 0 Å². The molecule has 0 aliphatic rings. The normalized spacial score (nSPS) is 11.7. The third kappa shape index (κ3) is 1.96. The van der Waals surface area contributed by atoms with Crippen LogP contribution in [0.4, 0.5) is 0 Å². The van der Waals surface area contributed by atoms with E-state index in [1.807, 2.05) is 0 Å². The summed E-state index contributed by atoms with van der Waals surface area (Å²) >= 11 is 5.73.